The van der Waals surface area contributed by atoms with Crippen molar-refractivity contribution in [2.45, 2.75) is 49.1 Å². The van der Waals surface area contributed by atoms with Crippen molar-refractivity contribution in [2.24, 2.45) is 0 Å². The zero-order chi connectivity index (χ0) is 41.9. The molecule has 4 aromatic heterocycles. The second kappa shape index (κ2) is 16.0. The number of fused-ring (bicyclic) bond motifs is 2. The molecule has 2 aliphatic rings. The van der Waals surface area contributed by atoms with Crippen LogP contribution >= 0.6 is 39.1 Å². The van der Waals surface area contributed by atoms with Crippen molar-refractivity contribution < 1.29 is 103 Å². The molecule has 6 heterocycles. The van der Waals surface area contributed by atoms with Crippen LogP contribution in [0, 0.1) is 0 Å². The molecule has 0 spiro atoms. The molecule has 0 bridgehead atoms. The number of ether oxygens (including phenoxy) is 2. The molecule has 0 saturated carbocycles. The van der Waals surface area contributed by atoms with Crippen LogP contribution in [0.5, 0.6) is 0 Å². The molecular formula is C20H29N10O22P5. The highest BCUT2D eigenvalue weighted by Crippen LogP contribution is 2.74. The molecule has 11 atom stereocenters. The first-order chi connectivity index (χ1) is 26.4. The fourth-order valence-corrected chi connectivity index (χ4v) is 11.7. The van der Waals surface area contributed by atoms with Crippen molar-refractivity contribution in [2.75, 3.05) is 24.7 Å². The summed E-state index contributed by atoms with van der Waals surface area (Å²) in [5.41, 5.74) is 11.8. The van der Waals surface area contributed by atoms with E-state index in [4.69, 9.17) is 39.8 Å². The summed E-state index contributed by atoms with van der Waals surface area (Å²) in [7, 11) is -30.8. The molecule has 0 aromatic carbocycles. The normalized spacial score (nSPS) is 29.9. The van der Waals surface area contributed by atoms with Gasteiger partial charge in [0.1, 0.15) is 60.3 Å². The summed E-state index contributed by atoms with van der Waals surface area (Å²) < 4.78 is 100. The van der Waals surface area contributed by atoms with E-state index in [1.807, 2.05) is 0 Å². The number of nitrogens with zero attached hydrogens (tertiary/aromatic N) is 8. The van der Waals surface area contributed by atoms with E-state index in [2.05, 4.69) is 47.1 Å². The molecule has 13 N–H and O–H groups in total. The number of nitrogen functional groups attached to an aromatic ring is 2. The number of hydrogen-bond acceptors (Lipinski definition) is 25. The monoisotopic (exact) mass is 916 g/mol. The third-order valence-corrected chi connectivity index (χ3v) is 15.2. The number of aromatic nitrogens is 8. The van der Waals surface area contributed by atoms with Crippen molar-refractivity contribution in [3.8, 4) is 0 Å². The number of hydrogen-bond donors (Lipinski definition) is 11. The highest BCUT2D eigenvalue weighted by molar-refractivity contribution is 7.71. The van der Waals surface area contributed by atoms with E-state index >= 15 is 0 Å². The minimum Gasteiger partial charge on any atom is -0.387 e. The Kier molecular flexibility index (Phi) is 12.3. The molecule has 2 fully saturated rings. The van der Waals surface area contributed by atoms with Crippen LogP contribution in [0.3, 0.4) is 0 Å². The van der Waals surface area contributed by atoms with Crippen LogP contribution in [-0.4, -0.2) is 134 Å². The third-order valence-electron chi connectivity index (χ3n) is 7.62. The second-order valence-corrected chi connectivity index (χ2v) is 19.3. The Bertz CT molecular complexity index is 2270. The Morgan fingerprint density at radius 2 is 0.965 bits per heavy atom. The summed E-state index contributed by atoms with van der Waals surface area (Å²) in [6.45, 7) is -2.38. The van der Waals surface area contributed by atoms with Gasteiger partial charge < -0.3 is 65.8 Å². The van der Waals surface area contributed by atoms with E-state index in [1.54, 1.807) is 0 Å². The molecular weight excluding hydrogens is 887 g/mol. The van der Waals surface area contributed by atoms with Gasteiger partial charge in [-0.05, 0) is 0 Å². The molecule has 2 saturated heterocycles. The quantitative estimate of drug-likeness (QED) is 0.0525. The van der Waals surface area contributed by atoms with Gasteiger partial charge in [0.2, 0.25) is 0 Å². The summed E-state index contributed by atoms with van der Waals surface area (Å²) in [5.74, 6) is -0.113. The first kappa shape index (κ1) is 43.7. The number of phosphoric ester groups is 1. The summed E-state index contributed by atoms with van der Waals surface area (Å²) in [6, 6.07) is 0. The van der Waals surface area contributed by atoms with Gasteiger partial charge in [0.05, 0.1) is 25.9 Å². The van der Waals surface area contributed by atoms with Gasteiger partial charge in [-0.3, -0.25) is 18.2 Å². The van der Waals surface area contributed by atoms with Gasteiger partial charge in [-0.15, -0.1) is 0 Å². The van der Waals surface area contributed by atoms with Gasteiger partial charge in [-0.25, -0.2) is 52.7 Å². The van der Waals surface area contributed by atoms with Crippen LogP contribution < -0.4 is 11.5 Å². The lowest BCUT2D eigenvalue weighted by Gasteiger charge is -2.24. The Balaban J connectivity index is 1.21. The number of aliphatic hydroxyl groups excluding tert-OH is 4. The Morgan fingerprint density at radius 1 is 0.579 bits per heavy atom. The highest BCUT2D eigenvalue weighted by Gasteiger charge is 2.52. The zero-order valence-electron chi connectivity index (χ0n) is 27.6. The predicted octanol–water partition coefficient (Wildman–Crippen LogP) is -2.33. The van der Waals surface area contributed by atoms with E-state index in [0.29, 0.717) is 0 Å². The average molecular weight is 916 g/mol. The minimum atomic E-state index is -6.45. The fourth-order valence-electron chi connectivity index (χ4n) is 5.29. The van der Waals surface area contributed by atoms with Crippen molar-refractivity contribution >= 4 is 73.1 Å². The Labute approximate surface area is 314 Å². The number of rotatable bonds is 16. The molecule has 2 aliphatic heterocycles. The van der Waals surface area contributed by atoms with Crippen LogP contribution in [-0.2, 0) is 58.6 Å². The van der Waals surface area contributed by atoms with Crippen LogP contribution in [0.15, 0.2) is 25.3 Å². The van der Waals surface area contributed by atoms with Gasteiger partial charge in [0, 0.05) is 0 Å². The standard InChI is InChI=1S/C20H29N10O22P5/c21-15-9-17(25-3-23-15)29(5-27-9)19-13(33)11(31)7(47-19)1-45-57(44,52-56(42,43)51-55(40,41)50-54(38,39)49-53(35,36)37)46-2-8-12(32)14(34)20(48-8)30-6-28-10-16(22)24-4-26-18(10)30/h3-8,11-14,19-20,31-34H,1-2H2,(H,38,39)(H,40,41)(H,42,43)(H2,21,23,25)(H2,22,24,26)(H2,35,36,37). The first-order valence-corrected chi connectivity index (χ1v) is 22.5. The molecule has 0 amide bonds. The van der Waals surface area contributed by atoms with Crippen molar-refractivity contribution in [3.63, 3.8) is 0 Å². The van der Waals surface area contributed by atoms with E-state index in [1.165, 1.54) is 0 Å². The molecule has 6 rings (SSSR count). The average Bonchev–Trinajstić information content (AvgIpc) is 3.83. The molecule has 57 heavy (non-hydrogen) atoms. The van der Waals surface area contributed by atoms with Gasteiger partial charge in [-0.2, -0.15) is 17.2 Å². The van der Waals surface area contributed by atoms with Crippen LogP contribution in [0.4, 0.5) is 11.6 Å². The Morgan fingerprint density at radius 3 is 1.37 bits per heavy atom. The van der Waals surface area contributed by atoms with Crippen LogP contribution in [0.2, 0.25) is 0 Å². The molecule has 32 nitrogen and oxygen atoms in total. The lowest BCUT2D eigenvalue weighted by molar-refractivity contribution is -0.0607. The first-order valence-electron chi connectivity index (χ1n) is 15.1. The number of imidazole rings is 2. The van der Waals surface area contributed by atoms with Crippen LogP contribution in [0.1, 0.15) is 12.5 Å². The maximum Gasteiger partial charge on any atom is 0.490 e. The lowest BCUT2D eigenvalue weighted by Crippen LogP contribution is -2.34. The molecule has 316 valence electrons. The highest BCUT2D eigenvalue weighted by atomic mass is 31.3. The van der Waals surface area contributed by atoms with Gasteiger partial charge in [0.15, 0.2) is 35.4 Å². The number of anilines is 2. The Hall–Kier alpha value is -2.83. The summed E-state index contributed by atoms with van der Waals surface area (Å²) in [5, 5.41) is 43.0. The van der Waals surface area contributed by atoms with E-state index in [-0.39, 0.29) is 34.0 Å². The minimum absolute atomic E-state index is 0.0283. The smallest absolute Gasteiger partial charge is 0.387 e. The largest absolute Gasteiger partial charge is 0.490 e. The fraction of sp³-hybridized carbons (Fsp3) is 0.500. The maximum absolute atomic E-state index is 13.9. The van der Waals surface area contributed by atoms with Crippen molar-refractivity contribution in [1.82, 2.24) is 39.0 Å². The number of phosphoric acid groups is 5. The third kappa shape index (κ3) is 9.80. The molecule has 0 radical (unpaired) electrons. The zero-order valence-corrected chi connectivity index (χ0v) is 32.1. The predicted molar refractivity (Wildman–Crippen MR) is 177 cm³/mol. The number of aliphatic hydroxyl groups is 4. The van der Waals surface area contributed by atoms with Gasteiger partial charge in [-0.1, -0.05) is 0 Å². The number of nitrogens with two attached hydrogens (primary N) is 2. The van der Waals surface area contributed by atoms with E-state index < -0.39 is 101 Å². The molecule has 37 heteroatoms. The van der Waals surface area contributed by atoms with E-state index in [9.17, 15) is 57.9 Å². The lowest BCUT2D eigenvalue weighted by atomic mass is 10.1. The summed E-state index contributed by atoms with van der Waals surface area (Å²) >= 11 is 0. The maximum atomic E-state index is 13.9. The SMILES string of the molecule is Nc1ncnc2c1ncn2C1OC(COP(=O)(OCC2OC(n3cnc4c(N)ncnc43)C(O)C2O)OP(=O)(O)OP(=O)(O)OP(=O)(O)OP(=O)(O)O)C(O)C1O. The summed E-state index contributed by atoms with van der Waals surface area (Å²) in [4.78, 5) is 70.4. The second-order valence-electron chi connectivity index (χ2n) is 11.5. The molecule has 4 aromatic rings. The topological polar surface area (TPSA) is 481 Å². The van der Waals surface area contributed by atoms with Crippen molar-refractivity contribution in [1.29, 1.82) is 0 Å². The van der Waals surface area contributed by atoms with Gasteiger partial charge >= 0.3 is 39.1 Å². The molecule has 11 unspecified atom stereocenters. The molecule has 0 aliphatic carbocycles. The van der Waals surface area contributed by atoms with Crippen LogP contribution in [0.25, 0.3) is 22.3 Å². The van der Waals surface area contributed by atoms with Crippen molar-refractivity contribution in [3.05, 3.63) is 25.3 Å². The van der Waals surface area contributed by atoms with Gasteiger partial charge in [0.25, 0.3) is 0 Å². The summed E-state index contributed by atoms with van der Waals surface area (Å²) in [6.07, 6.45) is -9.51. The van der Waals surface area contributed by atoms with E-state index in [0.717, 1.165) is 34.4 Å².